The van der Waals surface area contributed by atoms with Crippen LogP contribution in [0.1, 0.15) is 23.0 Å². The van der Waals surface area contributed by atoms with Crippen LogP contribution < -0.4 is 5.32 Å². The van der Waals surface area contributed by atoms with Crippen molar-refractivity contribution in [2.45, 2.75) is 20.0 Å². The lowest BCUT2D eigenvalue weighted by molar-refractivity contribution is 0.101. The minimum atomic E-state index is -1.75. The summed E-state index contributed by atoms with van der Waals surface area (Å²) in [5.41, 5.74) is -0.0749. The predicted octanol–water partition coefficient (Wildman–Crippen LogP) is 2.96. The molecular formula is C16H13F4N5O. The van der Waals surface area contributed by atoms with Gasteiger partial charge in [0, 0.05) is 30.6 Å². The maximum absolute atomic E-state index is 13.7. The van der Waals surface area contributed by atoms with Crippen molar-refractivity contribution in [1.82, 2.24) is 19.6 Å². The van der Waals surface area contributed by atoms with Gasteiger partial charge in [-0.15, -0.1) is 0 Å². The molecule has 1 aromatic carbocycles. The molecule has 10 heteroatoms. The molecule has 2 heterocycles. The van der Waals surface area contributed by atoms with Gasteiger partial charge in [0.25, 0.3) is 5.91 Å². The summed E-state index contributed by atoms with van der Waals surface area (Å²) in [6.45, 7) is 1.86. The number of aryl methyl sites for hydroxylation is 1. The van der Waals surface area contributed by atoms with E-state index < -0.39 is 41.3 Å². The number of carbonyl (C=O) groups excluding carboxylic acids is 1. The average Bonchev–Trinajstić information content (AvgIpc) is 3.25. The first-order valence-corrected chi connectivity index (χ1v) is 7.58. The van der Waals surface area contributed by atoms with E-state index in [1.54, 1.807) is 0 Å². The van der Waals surface area contributed by atoms with Crippen LogP contribution in [0.4, 0.5) is 23.2 Å². The molecule has 0 aliphatic heterocycles. The topological polar surface area (TPSA) is 64.7 Å². The first kappa shape index (κ1) is 17.6. The molecular weight excluding hydrogens is 354 g/mol. The van der Waals surface area contributed by atoms with Crippen LogP contribution in [0, 0.1) is 23.3 Å². The number of nitrogens with zero attached hydrogens (tertiary/aromatic N) is 4. The zero-order valence-electron chi connectivity index (χ0n) is 13.5. The Kier molecular flexibility index (Phi) is 4.74. The molecule has 0 radical (unpaired) electrons. The first-order chi connectivity index (χ1) is 12.4. The van der Waals surface area contributed by atoms with Gasteiger partial charge >= 0.3 is 0 Å². The highest BCUT2D eigenvalue weighted by Gasteiger charge is 2.20. The molecule has 0 saturated carbocycles. The van der Waals surface area contributed by atoms with E-state index in [1.807, 2.05) is 6.92 Å². The molecule has 0 fully saturated rings. The van der Waals surface area contributed by atoms with E-state index in [0.29, 0.717) is 12.2 Å². The first-order valence-electron chi connectivity index (χ1n) is 7.58. The van der Waals surface area contributed by atoms with Crippen molar-refractivity contribution < 1.29 is 22.4 Å². The number of amides is 1. The average molecular weight is 367 g/mol. The molecule has 0 aliphatic rings. The van der Waals surface area contributed by atoms with Gasteiger partial charge in [-0.25, -0.2) is 17.6 Å². The summed E-state index contributed by atoms with van der Waals surface area (Å²) in [7, 11) is 0. The monoisotopic (exact) mass is 367 g/mol. The zero-order valence-corrected chi connectivity index (χ0v) is 13.5. The smallest absolute Gasteiger partial charge is 0.274 e. The molecule has 0 spiro atoms. The van der Waals surface area contributed by atoms with E-state index in [9.17, 15) is 22.4 Å². The maximum atomic E-state index is 13.7. The number of hydrogen-bond donors (Lipinski definition) is 1. The summed E-state index contributed by atoms with van der Waals surface area (Å²) in [6.07, 6.45) is 4.06. The molecule has 1 N–H and O–H groups in total. The molecule has 136 valence electrons. The molecule has 6 nitrogen and oxygen atoms in total. The van der Waals surface area contributed by atoms with Crippen molar-refractivity contribution in [3.05, 3.63) is 65.2 Å². The number of hydrogen-bond acceptors (Lipinski definition) is 3. The molecule has 2 aromatic heterocycles. The quantitative estimate of drug-likeness (QED) is 0.428. The Balaban J connectivity index is 1.77. The lowest BCUT2D eigenvalue weighted by Gasteiger charge is -2.07. The Morgan fingerprint density at radius 1 is 1.15 bits per heavy atom. The molecule has 26 heavy (non-hydrogen) atoms. The van der Waals surface area contributed by atoms with Crippen molar-refractivity contribution in [2.24, 2.45) is 0 Å². The molecule has 3 rings (SSSR count). The molecule has 0 aliphatic carbocycles. The Labute approximate surface area is 145 Å². The Bertz CT molecular complexity index is 966. The van der Waals surface area contributed by atoms with E-state index in [4.69, 9.17) is 0 Å². The number of halogens is 4. The highest BCUT2D eigenvalue weighted by atomic mass is 19.2. The number of carbonyl (C=O) groups is 1. The van der Waals surface area contributed by atoms with Crippen molar-refractivity contribution in [3.8, 4) is 0 Å². The fraction of sp³-hybridized carbons (Fsp3) is 0.188. The lowest BCUT2D eigenvalue weighted by atomic mass is 10.2. The molecule has 0 saturated heterocycles. The highest BCUT2D eigenvalue weighted by Crippen LogP contribution is 2.20. The fourth-order valence-corrected chi connectivity index (χ4v) is 2.40. The standard InChI is InChI=1S/C16H13F4N5O/c1-2-25-13(3-4-21-25)16(26)23-9-6-22-24(7-9)8-10-11(17)5-12(18)15(20)14(10)19/h3-7H,2,8H2,1H3,(H,23,26). The minimum absolute atomic E-state index is 0.266. The second-order valence-corrected chi connectivity index (χ2v) is 5.36. The van der Waals surface area contributed by atoms with Crippen LogP contribution >= 0.6 is 0 Å². The number of anilines is 1. The van der Waals surface area contributed by atoms with Crippen molar-refractivity contribution >= 4 is 11.6 Å². The molecule has 0 unspecified atom stereocenters. The summed E-state index contributed by atoms with van der Waals surface area (Å²) >= 11 is 0. The summed E-state index contributed by atoms with van der Waals surface area (Å²) in [6, 6.07) is 1.81. The third-order valence-electron chi connectivity index (χ3n) is 3.67. The van der Waals surface area contributed by atoms with Crippen LogP contribution in [-0.4, -0.2) is 25.5 Å². The van der Waals surface area contributed by atoms with Crippen LogP contribution in [0.15, 0.2) is 30.7 Å². The molecule has 0 atom stereocenters. The zero-order chi connectivity index (χ0) is 18.8. The van der Waals surface area contributed by atoms with Crippen LogP contribution in [-0.2, 0) is 13.1 Å². The van der Waals surface area contributed by atoms with Gasteiger partial charge < -0.3 is 5.32 Å². The largest absolute Gasteiger partial charge is 0.318 e. The van der Waals surface area contributed by atoms with Gasteiger partial charge in [0.2, 0.25) is 0 Å². The second kappa shape index (κ2) is 6.98. The van der Waals surface area contributed by atoms with Gasteiger partial charge in [-0.3, -0.25) is 14.2 Å². The van der Waals surface area contributed by atoms with Crippen LogP contribution in [0.25, 0.3) is 0 Å². The minimum Gasteiger partial charge on any atom is -0.318 e. The van der Waals surface area contributed by atoms with Crippen molar-refractivity contribution in [3.63, 3.8) is 0 Å². The Morgan fingerprint density at radius 3 is 2.65 bits per heavy atom. The van der Waals surface area contributed by atoms with Gasteiger partial charge in [0.1, 0.15) is 11.5 Å². The SMILES string of the molecule is CCn1nccc1C(=O)Nc1cnn(Cc2c(F)cc(F)c(F)c2F)c1. The molecule has 0 bridgehead atoms. The normalized spacial score (nSPS) is 11.0. The van der Waals surface area contributed by atoms with E-state index in [1.165, 1.54) is 29.3 Å². The molecule has 3 aromatic rings. The van der Waals surface area contributed by atoms with Gasteiger partial charge in [0.15, 0.2) is 17.5 Å². The van der Waals surface area contributed by atoms with Crippen LogP contribution in [0.5, 0.6) is 0 Å². The van der Waals surface area contributed by atoms with E-state index in [0.717, 1.165) is 4.68 Å². The maximum Gasteiger partial charge on any atom is 0.274 e. The van der Waals surface area contributed by atoms with Crippen molar-refractivity contribution in [2.75, 3.05) is 5.32 Å². The third-order valence-corrected chi connectivity index (χ3v) is 3.67. The number of rotatable bonds is 5. The van der Waals surface area contributed by atoms with E-state index in [2.05, 4.69) is 15.5 Å². The second-order valence-electron chi connectivity index (χ2n) is 5.36. The Hall–Kier alpha value is -3.17. The number of nitrogens with one attached hydrogen (secondary N) is 1. The lowest BCUT2D eigenvalue weighted by Crippen LogP contribution is -2.17. The summed E-state index contributed by atoms with van der Waals surface area (Å²) in [4.78, 5) is 12.2. The van der Waals surface area contributed by atoms with Crippen molar-refractivity contribution in [1.29, 1.82) is 0 Å². The molecule has 1 amide bonds. The van der Waals surface area contributed by atoms with Gasteiger partial charge in [0.05, 0.1) is 18.4 Å². The highest BCUT2D eigenvalue weighted by molar-refractivity contribution is 6.02. The fourth-order valence-electron chi connectivity index (χ4n) is 2.40. The van der Waals surface area contributed by atoms with E-state index in [-0.39, 0.29) is 11.8 Å². The van der Waals surface area contributed by atoms with Gasteiger partial charge in [-0.05, 0) is 13.0 Å². The third kappa shape index (κ3) is 3.30. The predicted molar refractivity (Wildman–Crippen MR) is 83.5 cm³/mol. The van der Waals surface area contributed by atoms with Gasteiger partial charge in [-0.1, -0.05) is 0 Å². The van der Waals surface area contributed by atoms with Gasteiger partial charge in [-0.2, -0.15) is 10.2 Å². The summed E-state index contributed by atoms with van der Waals surface area (Å²) in [5, 5.41) is 10.4. The number of aromatic nitrogens is 4. The van der Waals surface area contributed by atoms with E-state index >= 15 is 0 Å². The van der Waals surface area contributed by atoms with Crippen LogP contribution in [0.2, 0.25) is 0 Å². The Morgan fingerprint density at radius 2 is 1.92 bits per heavy atom. The summed E-state index contributed by atoms with van der Waals surface area (Å²) < 4.78 is 56.2. The van der Waals surface area contributed by atoms with Crippen LogP contribution in [0.3, 0.4) is 0 Å². The number of benzene rings is 1. The summed E-state index contributed by atoms with van der Waals surface area (Å²) in [5.74, 6) is -6.64.